The first-order valence-electron chi connectivity index (χ1n) is 4.83. The molecule has 0 bridgehead atoms. The van der Waals surface area contributed by atoms with Gasteiger partial charge < -0.3 is 4.42 Å². The first-order chi connectivity index (χ1) is 8.09. The Balaban J connectivity index is 2.34. The van der Waals surface area contributed by atoms with Crippen LogP contribution >= 0.6 is 12.6 Å². The van der Waals surface area contributed by atoms with Crippen LogP contribution in [0.1, 0.15) is 10.6 Å². The predicted molar refractivity (Wildman–Crippen MR) is 65.1 cm³/mol. The third-order valence-corrected chi connectivity index (χ3v) is 2.51. The lowest BCUT2D eigenvalue weighted by Crippen LogP contribution is -2.42. The standard InChI is InChI=1S/C11H10N2O3S/c1-12(11(15)9-3-2-6-16-9)13-5-4-8(17)7-10(13)14/h2-7,17H,1H3. The number of carbonyl (C=O) groups excluding carboxylic acids is 1. The molecule has 0 fully saturated rings. The van der Waals surface area contributed by atoms with Gasteiger partial charge >= 0.3 is 5.91 Å². The second-order valence-corrected chi connectivity index (χ2v) is 3.89. The van der Waals surface area contributed by atoms with Gasteiger partial charge in [-0.2, -0.15) is 0 Å². The highest BCUT2D eigenvalue weighted by molar-refractivity contribution is 7.80. The lowest BCUT2D eigenvalue weighted by molar-refractivity contribution is 0.0938. The lowest BCUT2D eigenvalue weighted by atomic mass is 10.4. The molecule has 2 heterocycles. The summed E-state index contributed by atoms with van der Waals surface area (Å²) in [4.78, 5) is 24.1. The van der Waals surface area contributed by atoms with Gasteiger partial charge in [0.05, 0.1) is 6.26 Å². The second-order valence-electron chi connectivity index (χ2n) is 3.37. The highest BCUT2D eigenvalue weighted by Gasteiger charge is 2.16. The van der Waals surface area contributed by atoms with Crippen LogP contribution in [0.4, 0.5) is 0 Å². The van der Waals surface area contributed by atoms with Crippen LogP contribution < -0.4 is 10.6 Å². The summed E-state index contributed by atoms with van der Waals surface area (Å²) in [7, 11) is 1.49. The molecule has 6 heteroatoms. The molecule has 2 aromatic heterocycles. The van der Waals surface area contributed by atoms with Crippen LogP contribution in [0.5, 0.6) is 0 Å². The van der Waals surface area contributed by atoms with Crippen molar-refractivity contribution in [2.45, 2.75) is 4.90 Å². The summed E-state index contributed by atoms with van der Waals surface area (Å²) in [5, 5.41) is 1.17. The SMILES string of the molecule is CN(C(=O)c1ccco1)n1ccc(S)cc1=O. The summed E-state index contributed by atoms with van der Waals surface area (Å²) in [6, 6.07) is 6.10. The van der Waals surface area contributed by atoms with Crippen molar-refractivity contribution >= 4 is 18.5 Å². The van der Waals surface area contributed by atoms with Gasteiger partial charge in [0, 0.05) is 24.2 Å². The molecule has 17 heavy (non-hydrogen) atoms. The molecule has 0 saturated carbocycles. The van der Waals surface area contributed by atoms with Crippen molar-refractivity contribution < 1.29 is 9.21 Å². The van der Waals surface area contributed by atoms with Crippen LogP contribution in [-0.2, 0) is 0 Å². The van der Waals surface area contributed by atoms with E-state index >= 15 is 0 Å². The number of amides is 1. The minimum absolute atomic E-state index is 0.175. The molecular formula is C11H10N2O3S. The van der Waals surface area contributed by atoms with Crippen molar-refractivity contribution in [2.75, 3.05) is 12.1 Å². The minimum atomic E-state index is -0.399. The minimum Gasteiger partial charge on any atom is -0.459 e. The van der Waals surface area contributed by atoms with Crippen LogP contribution in [0.25, 0.3) is 0 Å². The van der Waals surface area contributed by atoms with Crippen LogP contribution in [0, 0.1) is 0 Å². The Morgan fingerprint density at radius 2 is 2.24 bits per heavy atom. The summed E-state index contributed by atoms with van der Waals surface area (Å²) < 4.78 is 6.16. The Morgan fingerprint density at radius 3 is 2.82 bits per heavy atom. The predicted octanol–water partition coefficient (Wildman–Crippen LogP) is 1.14. The molecule has 0 radical (unpaired) electrons. The molecule has 0 aliphatic rings. The fourth-order valence-electron chi connectivity index (χ4n) is 1.37. The second kappa shape index (κ2) is 4.50. The van der Waals surface area contributed by atoms with E-state index in [0.717, 1.165) is 0 Å². The third kappa shape index (κ3) is 2.26. The van der Waals surface area contributed by atoms with Crippen LogP contribution in [0.2, 0.25) is 0 Å². The fourth-order valence-corrected chi connectivity index (χ4v) is 1.54. The molecule has 0 aliphatic carbocycles. The van der Waals surface area contributed by atoms with E-state index in [1.807, 2.05) is 0 Å². The molecular weight excluding hydrogens is 240 g/mol. The van der Waals surface area contributed by atoms with Crippen molar-refractivity contribution in [3.8, 4) is 0 Å². The normalized spacial score (nSPS) is 10.2. The molecule has 5 nitrogen and oxygen atoms in total. The summed E-state index contributed by atoms with van der Waals surface area (Å²) in [5.74, 6) is -0.224. The van der Waals surface area contributed by atoms with Gasteiger partial charge in [-0.25, -0.2) is 9.69 Å². The van der Waals surface area contributed by atoms with Crippen LogP contribution in [0.15, 0.2) is 50.8 Å². The summed E-state index contributed by atoms with van der Waals surface area (Å²) in [6.45, 7) is 0. The van der Waals surface area contributed by atoms with E-state index in [9.17, 15) is 9.59 Å². The largest absolute Gasteiger partial charge is 0.459 e. The molecule has 0 saturated heterocycles. The maximum Gasteiger partial charge on any atom is 0.308 e. The third-order valence-electron chi connectivity index (χ3n) is 2.23. The van der Waals surface area contributed by atoms with E-state index in [0.29, 0.717) is 4.90 Å². The summed E-state index contributed by atoms with van der Waals surface area (Å²) in [6.07, 6.45) is 2.88. The van der Waals surface area contributed by atoms with Crippen molar-refractivity contribution in [2.24, 2.45) is 0 Å². The lowest BCUT2D eigenvalue weighted by Gasteiger charge is -2.17. The van der Waals surface area contributed by atoms with E-state index in [1.54, 1.807) is 12.1 Å². The Morgan fingerprint density at radius 1 is 1.47 bits per heavy atom. The number of furan rings is 1. The number of pyridine rings is 1. The number of aromatic nitrogens is 1. The first kappa shape index (κ1) is 11.5. The number of carbonyl (C=O) groups is 1. The molecule has 0 N–H and O–H groups in total. The van der Waals surface area contributed by atoms with Gasteiger partial charge in [0.1, 0.15) is 0 Å². The molecule has 0 aromatic carbocycles. The van der Waals surface area contributed by atoms with Crippen LogP contribution in [0.3, 0.4) is 0 Å². The zero-order valence-electron chi connectivity index (χ0n) is 9.03. The Bertz CT molecular complexity index is 589. The van der Waals surface area contributed by atoms with Gasteiger partial charge in [-0.1, -0.05) is 0 Å². The van der Waals surface area contributed by atoms with Gasteiger partial charge in [0.2, 0.25) is 0 Å². The van der Waals surface area contributed by atoms with Crippen molar-refractivity contribution in [1.29, 1.82) is 0 Å². The molecule has 88 valence electrons. The molecule has 1 amide bonds. The molecule has 0 atom stereocenters. The van der Waals surface area contributed by atoms with E-state index in [4.69, 9.17) is 4.42 Å². The zero-order valence-corrected chi connectivity index (χ0v) is 9.92. The Labute approximate surface area is 103 Å². The van der Waals surface area contributed by atoms with Gasteiger partial charge in [-0.3, -0.25) is 9.59 Å². The van der Waals surface area contributed by atoms with E-state index < -0.39 is 5.91 Å². The van der Waals surface area contributed by atoms with Gasteiger partial charge in [0.15, 0.2) is 5.76 Å². The van der Waals surface area contributed by atoms with Gasteiger partial charge in [-0.05, 0) is 18.2 Å². The highest BCUT2D eigenvalue weighted by Crippen LogP contribution is 2.04. The molecule has 0 spiro atoms. The maximum atomic E-state index is 11.9. The number of thiol groups is 1. The number of hydrogen-bond donors (Lipinski definition) is 1. The maximum absolute atomic E-state index is 11.9. The topological polar surface area (TPSA) is 55.5 Å². The number of nitrogens with zero attached hydrogens (tertiary/aromatic N) is 2. The molecule has 2 rings (SSSR count). The smallest absolute Gasteiger partial charge is 0.308 e. The van der Waals surface area contributed by atoms with Gasteiger partial charge in [0.25, 0.3) is 5.56 Å². The number of hydrogen-bond acceptors (Lipinski definition) is 4. The summed E-state index contributed by atoms with van der Waals surface area (Å²) in [5.41, 5.74) is -0.333. The monoisotopic (exact) mass is 250 g/mol. The molecule has 0 aliphatic heterocycles. The van der Waals surface area contributed by atoms with Gasteiger partial charge in [-0.15, -0.1) is 12.6 Å². The summed E-state index contributed by atoms with van der Waals surface area (Å²) >= 11 is 4.05. The van der Waals surface area contributed by atoms with E-state index in [2.05, 4.69) is 12.6 Å². The first-order valence-corrected chi connectivity index (χ1v) is 5.28. The van der Waals surface area contributed by atoms with Crippen molar-refractivity contribution in [1.82, 2.24) is 4.68 Å². The van der Waals surface area contributed by atoms with E-state index in [-0.39, 0.29) is 11.3 Å². The van der Waals surface area contributed by atoms with E-state index in [1.165, 1.54) is 41.3 Å². The fraction of sp³-hybridized carbons (Fsp3) is 0.0909. The van der Waals surface area contributed by atoms with Crippen molar-refractivity contribution in [3.63, 3.8) is 0 Å². The number of rotatable bonds is 2. The highest BCUT2D eigenvalue weighted by atomic mass is 32.1. The Kier molecular flexibility index (Phi) is 3.06. The Hall–Kier alpha value is -1.95. The van der Waals surface area contributed by atoms with Crippen LogP contribution in [-0.4, -0.2) is 17.6 Å². The average molecular weight is 250 g/mol. The molecule has 2 aromatic rings. The molecule has 0 unspecified atom stereocenters. The zero-order chi connectivity index (χ0) is 12.4. The van der Waals surface area contributed by atoms with Crippen molar-refractivity contribution in [3.05, 3.63) is 52.8 Å². The average Bonchev–Trinajstić information content (AvgIpc) is 2.80. The quantitative estimate of drug-likeness (QED) is 0.813.